The summed E-state index contributed by atoms with van der Waals surface area (Å²) in [6.45, 7) is -0.337. The second kappa shape index (κ2) is 9.99. The number of benzene rings is 3. The molecule has 37 heavy (non-hydrogen) atoms. The van der Waals surface area contributed by atoms with E-state index < -0.39 is 56.4 Å². The first-order valence-electron chi connectivity index (χ1n) is 10.7. The zero-order valence-corrected chi connectivity index (χ0v) is 20.2. The van der Waals surface area contributed by atoms with Crippen molar-refractivity contribution in [2.75, 3.05) is 11.9 Å². The fourth-order valence-corrected chi connectivity index (χ4v) is 5.74. The van der Waals surface area contributed by atoms with Gasteiger partial charge in [-0.05, 0) is 59.5 Å². The maximum absolute atomic E-state index is 14.1. The van der Waals surface area contributed by atoms with Crippen molar-refractivity contribution < 1.29 is 39.6 Å². The van der Waals surface area contributed by atoms with Gasteiger partial charge in [0.1, 0.15) is 22.3 Å². The average Bonchev–Trinajstić information content (AvgIpc) is 2.81. The zero-order valence-electron chi connectivity index (χ0n) is 18.7. The van der Waals surface area contributed by atoms with E-state index in [9.17, 15) is 39.6 Å². The highest BCUT2D eigenvalue weighted by atomic mass is 35.5. The molecule has 1 heterocycles. The van der Waals surface area contributed by atoms with Gasteiger partial charge >= 0.3 is 6.18 Å². The lowest BCUT2D eigenvalue weighted by Crippen LogP contribution is -2.37. The molecule has 0 aliphatic carbocycles. The number of carbonyl (C=O) groups is 1. The first-order chi connectivity index (χ1) is 17.3. The number of amides is 1. The summed E-state index contributed by atoms with van der Waals surface area (Å²) in [5.41, 5.74) is -0.323. The van der Waals surface area contributed by atoms with Gasteiger partial charge in [-0.3, -0.25) is 4.79 Å². The minimum absolute atomic E-state index is 0.00157. The topological polar surface area (TPSA) is 66.5 Å². The molecule has 0 aromatic heterocycles. The molecule has 0 saturated carbocycles. The fraction of sp³-hybridized carbons (Fsp3) is 0.208. The van der Waals surface area contributed by atoms with E-state index in [0.717, 1.165) is 22.5 Å². The number of sulfonamides is 1. The van der Waals surface area contributed by atoms with E-state index in [-0.39, 0.29) is 35.8 Å². The molecular weight excluding hydrogens is 546 g/mol. The van der Waals surface area contributed by atoms with Crippen LogP contribution in [-0.4, -0.2) is 25.2 Å². The maximum Gasteiger partial charge on any atom is 0.419 e. The van der Waals surface area contributed by atoms with Crippen molar-refractivity contribution in [3.05, 3.63) is 93.3 Å². The third kappa shape index (κ3) is 5.60. The van der Waals surface area contributed by atoms with Crippen molar-refractivity contribution in [3.63, 3.8) is 0 Å². The van der Waals surface area contributed by atoms with E-state index in [4.69, 9.17) is 11.6 Å². The number of alkyl halides is 3. The molecule has 0 unspecified atom stereocenters. The lowest BCUT2D eigenvalue weighted by Gasteiger charge is -2.30. The van der Waals surface area contributed by atoms with E-state index in [1.165, 1.54) is 12.1 Å². The second-order valence-corrected chi connectivity index (χ2v) is 10.6. The van der Waals surface area contributed by atoms with Crippen LogP contribution in [0.25, 0.3) is 0 Å². The lowest BCUT2D eigenvalue weighted by atomic mass is 9.98. The Balaban J connectivity index is 1.54. The van der Waals surface area contributed by atoms with E-state index in [1.54, 1.807) is 0 Å². The first-order valence-corrected chi connectivity index (χ1v) is 12.5. The Morgan fingerprint density at radius 2 is 1.73 bits per heavy atom. The molecule has 1 aliphatic heterocycles. The zero-order chi connectivity index (χ0) is 27.1. The Morgan fingerprint density at radius 1 is 1.00 bits per heavy atom. The van der Waals surface area contributed by atoms with E-state index in [1.807, 2.05) is 0 Å². The van der Waals surface area contributed by atoms with Crippen molar-refractivity contribution in [1.29, 1.82) is 0 Å². The molecule has 3 aromatic carbocycles. The van der Waals surface area contributed by atoms with Crippen LogP contribution in [0.4, 0.5) is 32.0 Å². The number of hydrogen-bond acceptors (Lipinski definition) is 3. The highest BCUT2D eigenvalue weighted by Gasteiger charge is 2.34. The summed E-state index contributed by atoms with van der Waals surface area (Å²) in [5.74, 6) is -4.21. The van der Waals surface area contributed by atoms with Gasteiger partial charge in [0.25, 0.3) is 0 Å². The summed E-state index contributed by atoms with van der Waals surface area (Å²) in [7, 11) is -4.38. The molecule has 0 atom stereocenters. The van der Waals surface area contributed by atoms with Crippen LogP contribution in [0.15, 0.2) is 53.4 Å². The predicted octanol–water partition coefficient (Wildman–Crippen LogP) is 5.70. The molecule has 5 nitrogen and oxygen atoms in total. The van der Waals surface area contributed by atoms with Gasteiger partial charge in [-0.1, -0.05) is 23.7 Å². The minimum atomic E-state index is -4.87. The summed E-state index contributed by atoms with van der Waals surface area (Å²) >= 11 is 6.24. The van der Waals surface area contributed by atoms with Crippen LogP contribution in [0.5, 0.6) is 0 Å². The summed E-state index contributed by atoms with van der Waals surface area (Å²) in [6.07, 6.45) is -5.26. The number of anilines is 1. The van der Waals surface area contributed by atoms with Gasteiger partial charge in [-0.15, -0.1) is 0 Å². The van der Waals surface area contributed by atoms with E-state index in [0.29, 0.717) is 29.3 Å². The SMILES string of the molecule is O=C(Cc1ccc(C(F)(F)F)c(F)c1)Nc1c(Cl)ccc2c1CCN(S(=O)(=O)c1cc(F)ccc1F)C2. The summed E-state index contributed by atoms with van der Waals surface area (Å²) in [5, 5.41) is 2.68. The number of rotatable bonds is 5. The molecule has 1 amide bonds. The van der Waals surface area contributed by atoms with Gasteiger partial charge in [0.15, 0.2) is 0 Å². The molecule has 13 heteroatoms. The van der Waals surface area contributed by atoms with Crippen molar-refractivity contribution in [2.45, 2.75) is 30.5 Å². The first kappa shape index (κ1) is 27.0. The molecule has 1 N–H and O–H groups in total. The molecule has 4 rings (SSSR count). The smallest absolute Gasteiger partial charge is 0.324 e. The molecule has 3 aromatic rings. The summed E-state index contributed by atoms with van der Waals surface area (Å²) in [6, 6.07) is 7.21. The number of nitrogens with zero attached hydrogens (tertiary/aromatic N) is 1. The second-order valence-electron chi connectivity index (χ2n) is 8.26. The standard InChI is InChI=1S/C24H17ClF6N2O3S/c25-18-5-2-14-12-33(37(35,36)21-11-15(26)3-6-19(21)27)8-7-16(14)23(18)32-22(34)10-13-1-4-17(20(28)9-13)24(29,30)31/h1-6,9,11H,7-8,10,12H2,(H,32,34). The summed E-state index contributed by atoms with van der Waals surface area (Å²) < 4.78 is 107. The Hall–Kier alpha value is -3.09. The van der Waals surface area contributed by atoms with Crippen LogP contribution in [0.3, 0.4) is 0 Å². The molecule has 0 fully saturated rings. The molecule has 196 valence electrons. The van der Waals surface area contributed by atoms with Crippen LogP contribution >= 0.6 is 11.6 Å². The number of fused-ring (bicyclic) bond motifs is 1. The van der Waals surface area contributed by atoms with Crippen LogP contribution in [0.1, 0.15) is 22.3 Å². The Morgan fingerprint density at radius 3 is 2.41 bits per heavy atom. The molecule has 0 radical (unpaired) electrons. The van der Waals surface area contributed by atoms with Crippen molar-refractivity contribution in [3.8, 4) is 0 Å². The van der Waals surface area contributed by atoms with Crippen molar-refractivity contribution >= 4 is 33.2 Å². The third-order valence-corrected chi connectivity index (χ3v) is 7.97. The van der Waals surface area contributed by atoms with Crippen LogP contribution in [0, 0.1) is 17.5 Å². The normalized spacial score (nSPS) is 14.4. The van der Waals surface area contributed by atoms with Crippen molar-refractivity contribution in [1.82, 2.24) is 4.31 Å². The van der Waals surface area contributed by atoms with E-state index in [2.05, 4.69) is 5.32 Å². The molecule has 0 bridgehead atoms. The third-order valence-electron chi connectivity index (χ3n) is 5.80. The van der Waals surface area contributed by atoms with Gasteiger partial charge in [0, 0.05) is 13.1 Å². The van der Waals surface area contributed by atoms with Gasteiger partial charge in [0.05, 0.1) is 22.7 Å². The average molecular weight is 563 g/mol. The Kier molecular flexibility index (Phi) is 7.28. The fourth-order valence-electron chi connectivity index (χ4n) is 4.02. The van der Waals surface area contributed by atoms with Gasteiger partial charge in [-0.2, -0.15) is 17.5 Å². The Labute approximate surface area is 212 Å². The van der Waals surface area contributed by atoms with Gasteiger partial charge < -0.3 is 5.32 Å². The minimum Gasteiger partial charge on any atom is -0.324 e. The number of halogens is 7. The highest BCUT2D eigenvalue weighted by Crippen LogP contribution is 2.35. The molecule has 1 aliphatic rings. The maximum atomic E-state index is 14.1. The lowest BCUT2D eigenvalue weighted by molar-refractivity contribution is -0.140. The number of nitrogens with one attached hydrogen (secondary N) is 1. The summed E-state index contributed by atoms with van der Waals surface area (Å²) in [4.78, 5) is 11.8. The van der Waals surface area contributed by atoms with Crippen LogP contribution in [-0.2, 0) is 40.4 Å². The van der Waals surface area contributed by atoms with Crippen LogP contribution < -0.4 is 5.32 Å². The van der Waals surface area contributed by atoms with Crippen molar-refractivity contribution in [2.24, 2.45) is 0 Å². The molecule has 0 saturated heterocycles. The highest BCUT2D eigenvalue weighted by molar-refractivity contribution is 7.89. The number of hydrogen-bond donors (Lipinski definition) is 1. The molecular formula is C24H17ClF6N2O3S. The quantitative estimate of drug-likeness (QED) is 0.406. The van der Waals surface area contributed by atoms with E-state index >= 15 is 0 Å². The molecule has 0 spiro atoms. The number of carbonyl (C=O) groups excluding carboxylic acids is 1. The van der Waals surface area contributed by atoms with Gasteiger partial charge in [0.2, 0.25) is 15.9 Å². The monoisotopic (exact) mass is 562 g/mol. The predicted molar refractivity (Wildman–Crippen MR) is 123 cm³/mol. The van der Waals surface area contributed by atoms with Gasteiger partial charge in [-0.25, -0.2) is 21.6 Å². The Bertz CT molecular complexity index is 1490. The van der Waals surface area contributed by atoms with Crippen LogP contribution in [0.2, 0.25) is 5.02 Å². The largest absolute Gasteiger partial charge is 0.419 e.